The molecule has 1 aromatic heterocycles. The van der Waals surface area contributed by atoms with Gasteiger partial charge in [0.05, 0.1) is 0 Å². The van der Waals surface area contributed by atoms with Crippen molar-refractivity contribution in [2.24, 2.45) is 0 Å². The molecule has 0 bridgehead atoms. The highest BCUT2D eigenvalue weighted by atomic mass is 35.5. The summed E-state index contributed by atoms with van der Waals surface area (Å²) in [4.78, 5) is 4.47. The maximum atomic E-state index is 5.98. The Morgan fingerprint density at radius 1 is 1.33 bits per heavy atom. The Hall–Kier alpha value is -1.39. The van der Waals surface area contributed by atoms with Crippen molar-refractivity contribution in [3.63, 3.8) is 0 Å². The fourth-order valence-corrected chi connectivity index (χ4v) is 2.97. The zero-order valence-corrected chi connectivity index (χ0v) is 12.8. The number of piperidine rings is 1. The third-order valence-corrected chi connectivity index (χ3v) is 4.12. The molecule has 5 heteroatoms. The van der Waals surface area contributed by atoms with E-state index in [1.165, 1.54) is 19.3 Å². The Bertz CT molecular complexity index is 578. The minimum atomic E-state index is 0.599. The number of benzene rings is 1. The fraction of sp³-hybridized carbons (Fsp3) is 0.500. The summed E-state index contributed by atoms with van der Waals surface area (Å²) in [6.07, 6.45) is 6.44. The standard InChI is InChI=1S/C16H20ClN3O/c17-13-5-3-4-12(10-13)11-15-19-16(21-20-15)8-7-14-6-1-2-9-18-14/h3-5,10,14,18H,1-2,6-9,11H2. The van der Waals surface area contributed by atoms with Crippen LogP contribution in [0.15, 0.2) is 28.8 Å². The molecule has 0 aliphatic carbocycles. The van der Waals surface area contributed by atoms with E-state index in [-0.39, 0.29) is 0 Å². The third-order valence-electron chi connectivity index (χ3n) is 3.88. The van der Waals surface area contributed by atoms with Crippen LogP contribution in [0.3, 0.4) is 0 Å². The summed E-state index contributed by atoms with van der Waals surface area (Å²) in [5.41, 5.74) is 1.10. The summed E-state index contributed by atoms with van der Waals surface area (Å²) in [6, 6.07) is 8.36. The summed E-state index contributed by atoms with van der Waals surface area (Å²) in [7, 11) is 0. The number of halogens is 1. The molecule has 0 spiro atoms. The largest absolute Gasteiger partial charge is 0.339 e. The Labute approximate surface area is 129 Å². The molecule has 1 saturated heterocycles. The average Bonchev–Trinajstić information content (AvgIpc) is 2.94. The number of rotatable bonds is 5. The number of hydrogen-bond donors (Lipinski definition) is 1. The molecule has 0 amide bonds. The van der Waals surface area contributed by atoms with Crippen molar-refractivity contribution < 1.29 is 4.52 Å². The van der Waals surface area contributed by atoms with Gasteiger partial charge in [0.15, 0.2) is 5.82 Å². The minimum Gasteiger partial charge on any atom is -0.339 e. The van der Waals surface area contributed by atoms with E-state index in [0.29, 0.717) is 12.5 Å². The lowest BCUT2D eigenvalue weighted by Gasteiger charge is -2.22. The van der Waals surface area contributed by atoms with Crippen LogP contribution in [0.25, 0.3) is 0 Å². The van der Waals surface area contributed by atoms with Crippen LogP contribution in [-0.4, -0.2) is 22.7 Å². The van der Waals surface area contributed by atoms with E-state index in [9.17, 15) is 0 Å². The first kappa shape index (κ1) is 14.5. The van der Waals surface area contributed by atoms with Crippen LogP contribution in [-0.2, 0) is 12.8 Å². The Morgan fingerprint density at radius 2 is 2.29 bits per heavy atom. The highest BCUT2D eigenvalue weighted by Crippen LogP contribution is 2.15. The predicted molar refractivity (Wildman–Crippen MR) is 82.5 cm³/mol. The second-order valence-corrected chi connectivity index (χ2v) is 6.03. The number of hydrogen-bond acceptors (Lipinski definition) is 4. The van der Waals surface area contributed by atoms with Crippen LogP contribution in [0, 0.1) is 0 Å². The normalized spacial score (nSPS) is 18.8. The van der Waals surface area contributed by atoms with E-state index in [2.05, 4.69) is 15.5 Å². The summed E-state index contributed by atoms with van der Waals surface area (Å²) < 4.78 is 5.34. The third kappa shape index (κ3) is 4.29. The van der Waals surface area contributed by atoms with E-state index in [4.69, 9.17) is 16.1 Å². The number of aromatic nitrogens is 2. The molecule has 4 nitrogen and oxygen atoms in total. The molecule has 1 aromatic carbocycles. The van der Waals surface area contributed by atoms with Crippen molar-refractivity contribution in [1.29, 1.82) is 0 Å². The predicted octanol–water partition coefficient (Wildman–Crippen LogP) is 3.39. The van der Waals surface area contributed by atoms with Gasteiger partial charge in [-0.15, -0.1) is 0 Å². The maximum absolute atomic E-state index is 5.98. The van der Waals surface area contributed by atoms with E-state index < -0.39 is 0 Å². The molecule has 2 heterocycles. The van der Waals surface area contributed by atoms with Gasteiger partial charge in [0.2, 0.25) is 5.89 Å². The monoisotopic (exact) mass is 305 g/mol. The zero-order chi connectivity index (χ0) is 14.5. The lowest BCUT2D eigenvalue weighted by atomic mass is 10.0. The van der Waals surface area contributed by atoms with Crippen LogP contribution in [0.5, 0.6) is 0 Å². The van der Waals surface area contributed by atoms with Gasteiger partial charge in [0, 0.05) is 23.9 Å². The molecule has 1 aliphatic heterocycles. The Balaban J connectivity index is 1.53. The van der Waals surface area contributed by atoms with Crippen molar-refractivity contribution >= 4 is 11.6 Å². The number of nitrogens with one attached hydrogen (secondary N) is 1. The van der Waals surface area contributed by atoms with Gasteiger partial charge in [0.25, 0.3) is 0 Å². The van der Waals surface area contributed by atoms with Crippen molar-refractivity contribution in [3.05, 3.63) is 46.6 Å². The molecule has 1 N–H and O–H groups in total. The first-order valence-electron chi connectivity index (χ1n) is 7.59. The molecular formula is C16H20ClN3O. The lowest BCUT2D eigenvalue weighted by molar-refractivity contribution is 0.341. The van der Waals surface area contributed by atoms with Gasteiger partial charge >= 0.3 is 0 Å². The molecule has 1 fully saturated rings. The van der Waals surface area contributed by atoms with Crippen LogP contribution < -0.4 is 5.32 Å². The molecule has 1 atom stereocenters. The van der Waals surface area contributed by atoms with Gasteiger partial charge in [0.1, 0.15) is 0 Å². The molecule has 3 rings (SSSR count). The average molecular weight is 306 g/mol. The van der Waals surface area contributed by atoms with Gasteiger partial charge in [-0.1, -0.05) is 35.3 Å². The minimum absolute atomic E-state index is 0.599. The van der Waals surface area contributed by atoms with E-state index >= 15 is 0 Å². The van der Waals surface area contributed by atoms with E-state index in [1.54, 1.807) is 0 Å². The number of aryl methyl sites for hydroxylation is 1. The molecule has 1 aliphatic rings. The van der Waals surface area contributed by atoms with Crippen LogP contribution >= 0.6 is 11.6 Å². The zero-order valence-electron chi connectivity index (χ0n) is 12.0. The SMILES string of the molecule is Clc1cccc(Cc2noc(CCC3CCCCN3)n2)c1. The molecule has 2 aromatic rings. The molecule has 0 saturated carbocycles. The van der Waals surface area contributed by atoms with Gasteiger partial charge in [-0.3, -0.25) is 0 Å². The van der Waals surface area contributed by atoms with Crippen molar-refractivity contribution in [3.8, 4) is 0 Å². The Kier molecular flexibility index (Phi) is 4.88. The first-order chi connectivity index (χ1) is 10.3. The summed E-state index contributed by atoms with van der Waals surface area (Å²) in [6.45, 7) is 1.13. The van der Waals surface area contributed by atoms with Gasteiger partial charge in [-0.25, -0.2) is 0 Å². The van der Waals surface area contributed by atoms with E-state index in [0.717, 1.165) is 41.7 Å². The first-order valence-corrected chi connectivity index (χ1v) is 7.97. The second kappa shape index (κ2) is 7.05. The van der Waals surface area contributed by atoms with Crippen LogP contribution in [0.2, 0.25) is 5.02 Å². The van der Waals surface area contributed by atoms with Gasteiger partial charge < -0.3 is 9.84 Å². The quantitative estimate of drug-likeness (QED) is 0.920. The fourth-order valence-electron chi connectivity index (χ4n) is 2.76. The molecule has 112 valence electrons. The molecule has 1 unspecified atom stereocenters. The summed E-state index contributed by atoms with van der Waals surface area (Å²) in [5.74, 6) is 1.46. The van der Waals surface area contributed by atoms with Crippen LogP contribution in [0.1, 0.15) is 43.0 Å². The topological polar surface area (TPSA) is 51.0 Å². The number of nitrogens with zero attached hydrogens (tertiary/aromatic N) is 2. The smallest absolute Gasteiger partial charge is 0.226 e. The van der Waals surface area contributed by atoms with Gasteiger partial charge in [-0.05, 0) is 43.5 Å². The van der Waals surface area contributed by atoms with E-state index in [1.807, 2.05) is 24.3 Å². The second-order valence-electron chi connectivity index (χ2n) is 5.60. The van der Waals surface area contributed by atoms with Crippen molar-refractivity contribution in [1.82, 2.24) is 15.5 Å². The Morgan fingerprint density at radius 3 is 3.10 bits per heavy atom. The van der Waals surface area contributed by atoms with Crippen molar-refractivity contribution in [2.75, 3.05) is 6.54 Å². The molecule has 21 heavy (non-hydrogen) atoms. The maximum Gasteiger partial charge on any atom is 0.226 e. The highest BCUT2D eigenvalue weighted by Gasteiger charge is 2.14. The highest BCUT2D eigenvalue weighted by molar-refractivity contribution is 6.30. The molecule has 0 radical (unpaired) electrons. The van der Waals surface area contributed by atoms with Crippen molar-refractivity contribution in [2.45, 2.75) is 44.6 Å². The van der Waals surface area contributed by atoms with Gasteiger partial charge in [-0.2, -0.15) is 4.98 Å². The summed E-state index contributed by atoms with van der Waals surface area (Å²) in [5, 5.41) is 8.33. The molecular weight excluding hydrogens is 286 g/mol. The summed E-state index contributed by atoms with van der Waals surface area (Å²) >= 11 is 5.98. The lowest BCUT2D eigenvalue weighted by Crippen LogP contribution is -2.34. The van der Waals surface area contributed by atoms with Crippen LogP contribution in [0.4, 0.5) is 0 Å².